The van der Waals surface area contributed by atoms with Gasteiger partial charge in [0.2, 0.25) is 0 Å². The Hall–Kier alpha value is -2.10. The minimum absolute atomic E-state index is 0.0919. The van der Waals surface area contributed by atoms with E-state index in [9.17, 15) is 9.18 Å². The van der Waals surface area contributed by atoms with Crippen molar-refractivity contribution in [1.82, 2.24) is 5.32 Å². The molecule has 0 unspecified atom stereocenters. The predicted octanol–water partition coefficient (Wildman–Crippen LogP) is 4.08. The lowest BCUT2D eigenvalue weighted by Gasteiger charge is -2.25. The SMILES string of the molecule is O=C(N[C@@H](c1ccc(F)cc1)C1CCCC1)c1ccco1. The van der Waals surface area contributed by atoms with Gasteiger partial charge in [-0.15, -0.1) is 0 Å². The second kappa shape index (κ2) is 6.12. The van der Waals surface area contributed by atoms with E-state index in [4.69, 9.17) is 4.42 Å². The number of amides is 1. The van der Waals surface area contributed by atoms with E-state index < -0.39 is 0 Å². The molecule has 1 heterocycles. The molecule has 1 aliphatic rings. The Morgan fingerprint density at radius 3 is 2.52 bits per heavy atom. The molecule has 110 valence electrons. The van der Waals surface area contributed by atoms with E-state index >= 15 is 0 Å². The molecule has 21 heavy (non-hydrogen) atoms. The van der Waals surface area contributed by atoms with Crippen LogP contribution in [-0.4, -0.2) is 5.91 Å². The average molecular weight is 287 g/mol. The third kappa shape index (κ3) is 3.15. The van der Waals surface area contributed by atoms with E-state index in [0.717, 1.165) is 18.4 Å². The quantitative estimate of drug-likeness (QED) is 0.920. The summed E-state index contributed by atoms with van der Waals surface area (Å²) >= 11 is 0. The lowest BCUT2D eigenvalue weighted by molar-refractivity contribution is 0.0893. The van der Waals surface area contributed by atoms with Crippen LogP contribution in [0.3, 0.4) is 0 Å². The maximum Gasteiger partial charge on any atom is 0.287 e. The summed E-state index contributed by atoms with van der Waals surface area (Å²) in [5, 5.41) is 3.04. The lowest BCUT2D eigenvalue weighted by Crippen LogP contribution is -2.32. The van der Waals surface area contributed by atoms with Gasteiger partial charge in [0.1, 0.15) is 5.82 Å². The fourth-order valence-electron chi connectivity index (χ4n) is 3.05. The molecule has 0 aliphatic heterocycles. The molecule has 1 fully saturated rings. The van der Waals surface area contributed by atoms with Crippen LogP contribution in [-0.2, 0) is 0 Å². The van der Waals surface area contributed by atoms with Crippen molar-refractivity contribution in [2.45, 2.75) is 31.7 Å². The van der Waals surface area contributed by atoms with Crippen molar-refractivity contribution in [1.29, 1.82) is 0 Å². The van der Waals surface area contributed by atoms with Crippen molar-refractivity contribution in [3.63, 3.8) is 0 Å². The average Bonchev–Trinajstić information content (AvgIpc) is 3.19. The molecule has 0 spiro atoms. The van der Waals surface area contributed by atoms with E-state index in [1.807, 2.05) is 0 Å². The fraction of sp³-hybridized carbons (Fsp3) is 0.353. The van der Waals surface area contributed by atoms with Crippen molar-refractivity contribution >= 4 is 5.91 Å². The number of halogens is 1. The number of nitrogens with one attached hydrogen (secondary N) is 1. The summed E-state index contributed by atoms with van der Waals surface area (Å²) < 4.78 is 18.3. The van der Waals surface area contributed by atoms with Crippen LogP contribution in [0.2, 0.25) is 0 Å². The Morgan fingerprint density at radius 1 is 1.19 bits per heavy atom. The van der Waals surface area contributed by atoms with E-state index in [0.29, 0.717) is 11.7 Å². The number of benzene rings is 1. The van der Waals surface area contributed by atoms with E-state index in [2.05, 4.69) is 5.32 Å². The fourth-order valence-corrected chi connectivity index (χ4v) is 3.05. The summed E-state index contributed by atoms with van der Waals surface area (Å²) in [6, 6.07) is 9.63. The second-order valence-corrected chi connectivity index (χ2v) is 5.52. The first kappa shape index (κ1) is 13.9. The van der Waals surface area contributed by atoms with E-state index in [-0.39, 0.29) is 17.8 Å². The van der Waals surface area contributed by atoms with Crippen molar-refractivity contribution in [2.24, 2.45) is 5.92 Å². The molecule has 1 amide bonds. The lowest BCUT2D eigenvalue weighted by atomic mass is 9.91. The van der Waals surface area contributed by atoms with Crippen LogP contribution in [0.4, 0.5) is 4.39 Å². The zero-order valence-corrected chi connectivity index (χ0v) is 11.7. The Bertz CT molecular complexity index is 586. The molecule has 0 bridgehead atoms. The summed E-state index contributed by atoms with van der Waals surface area (Å²) in [5.41, 5.74) is 0.947. The molecule has 1 N–H and O–H groups in total. The second-order valence-electron chi connectivity index (χ2n) is 5.52. The summed E-state index contributed by atoms with van der Waals surface area (Å²) in [6.07, 6.45) is 6.01. The predicted molar refractivity (Wildman–Crippen MR) is 77.3 cm³/mol. The van der Waals surface area contributed by atoms with Gasteiger partial charge < -0.3 is 9.73 Å². The van der Waals surface area contributed by atoms with Crippen LogP contribution < -0.4 is 5.32 Å². The number of rotatable bonds is 4. The Balaban J connectivity index is 1.82. The number of hydrogen-bond acceptors (Lipinski definition) is 2. The van der Waals surface area contributed by atoms with Gasteiger partial charge in [-0.2, -0.15) is 0 Å². The number of carbonyl (C=O) groups excluding carboxylic acids is 1. The summed E-state index contributed by atoms with van der Waals surface area (Å²) in [4.78, 5) is 12.2. The van der Waals surface area contributed by atoms with Crippen LogP contribution in [0.15, 0.2) is 47.1 Å². The molecule has 1 aliphatic carbocycles. The number of carbonyl (C=O) groups is 1. The van der Waals surface area contributed by atoms with Gasteiger partial charge >= 0.3 is 0 Å². The highest BCUT2D eigenvalue weighted by Crippen LogP contribution is 2.36. The highest BCUT2D eigenvalue weighted by atomic mass is 19.1. The smallest absolute Gasteiger partial charge is 0.287 e. The van der Waals surface area contributed by atoms with Crippen molar-refractivity contribution in [3.8, 4) is 0 Å². The van der Waals surface area contributed by atoms with Gasteiger partial charge in [-0.25, -0.2) is 4.39 Å². The standard InChI is InChI=1S/C17H18FNO2/c18-14-9-7-13(8-10-14)16(12-4-1-2-5-12)19-17(20)15-6-3-11-21-15/h3,6-12,16H,1-2,4-5H2,(H,19,20)/t16-/m1/s1. The molecular weight excluding hydrogens is 269 g/mol. The van der Waals surface area contributed by atoms with Gasteiger partial charge in [0.15, 0.2) is 5.76 Å². The van der Waals surface area contributed by atoms with Crippen molar-refractivity contribution in [2.75, 3.05) is 0 Å². The van der Waals surface area contributed by atoms with Crippen molar-refractivity contribution < 1.29 is 13.6 Å². The van der Waals surface area contributed by atoms with Gasteiger partial charge in [-0.1, -0.05) is 25.0 Å². The van der Waals surface area contributed by atoms with Gasteiger partial charge in [0, 0.05) is 0 Å². The zero-order valence-electron chi connectivity index (χ0n) is 11.7. The normalized spacial score (nSPS) is 16.8. The first-order chi connectivity index (χ1) is 10.2. The van der Waals surface area contributed by atoms with E-state index in [1.54, 1.807) is 24.3 Å². The Morgan fingerprint density at radius 2 is 1.90 bits per heavy atom. The topological polar surface area (TPSA) is 42.2 Å². The maximum atomic E-state index is 13.1. The highest BCUT2D eigenvalue weighted by molar-refractivity contribution is 5.91. The summed E-state index contributed by atoms with van der Waals surface area (Å²) in [7, 11) is 0. The first-order valence-electron chi connectivity index (χ1n) is 7.34. The number of furan rings is 1. The zero-order chi connectivity index (χ0) is 14.7. The Kier molecular flexibility index (Phi) is 4.04. The molecule has 1 saturated carbocycles. The molecule has 1 aromatic heterocycles. The molecule has 0 radical (unpaired) electrons. The van der Waals surface area contributed by atoms with Gasteiger partial charge in [-0.3, -0.25) is 4.79 Å². The molecule has 4 heteroatoms. The van der Waals surface area contributed by atoms with Crippen molar-refractivity contribution in [3.05, 3.63) is 59.8 Å². The monoisotopic (exact) mass is 287 g/mol. The van der Waals surface area contributed by atoms with Gasteiger partial charge in [0.05, 0.1) is 12.3 Å². The van der Waals surface area contributed by atoms with Crippen LogP contribution in [0.1, 0.15) is 47.8 Å². The molecule has 2 aromatic rings. The van der Waals surface area contributed by atoms with E-state index in [1.165, 1.54) is 31.2 Å². The highest BCUT2D eigenvalue weighted by Gasteiger charge is 2.28. The van der Waals surface area contributed by atoms with Crippen LogP contribution in [0.25, 0.3) is 0 Å². The first-order valence-corrected chi connectivity index (χ1v) is 7.34. The van der Waals surface area contributed by atoms with Gasteiger partial charge in [0.25, 0.3) is 5.91 Å². The third-order valence-electron chi connectivity index (χ3n) is 4.13. The Labute approximate surface area is 123 Å². The van der Waals surface area contributed by atoms with Gasteiger partial charge in [-0.05, 0) is 48.6 Å². The molecule has 3 nitrogen and oxygen atoms in total. The maximum absolute atomic E-state index is 13.1. The molecule has 1 aromatic carbocycles. The molecule has 3 rings (SSSR count). The summed E-state index contributed by atoms with van der Waals surface area (Å²) in [5.74, 6) is 0.219. The van der Waals surface area contributed by atoms with Crippen LogP contribution in [0, 0.1) is 11.7 Å². The van der Waals surface area contributed by atoms with Crippen LogP contribution >= 0.6 is 0 Å². The minimum atomic E-state index is -0.263. The molecular formula is C17H18FNO2. The largest absolute Gasteiger partial charge is 0.459 e. The number of hydrogen-bond donors (Lipinski definition) is 1. The minimum Gasteiger partial charge on any atom is -0.459 e. The summed E-state index contributed by atoms with van der Waals surface area (Å²) in [6.45, 7) is 0. The third-order valence-corrected chi connectivity index (χ3v) is 4.13. The molecule has 0 saturated heterocycles. The molecule has 1 atom stereocenters. The van der Waals surface area contributed by atoms with Crippen LogP contribution in [0.5, 0.6) is 0 Å².